The van der Waals surface area contributed by atoms with Crippen molar-refractivity contribution in [1.82, 2.24) is 9.97 Å². The summed E-state index contributed by atoms with van der Waals surface area (Å²) in [6, 6.07) is 10.0. The van der Waals surface area contributed by atoms with Crippen LogP contribution in [-0.2, 0) is 6.54 Å². The molecule has 0 spiro atoms. The summed E-state index contributed by atoms with van der Waals surface area (Å²) in [6.07, 6.45) is 1.42. The van der Waals surface area contributed by atoms with Gasteiger partial charge in [-0.15, -0.1) is 0 Å². The molecule has 0 bridgehead atoms. The lowest BCUT2D eigenvalue weighted by Gasteiger charge is -2.12. The molecule has 0 aliphatic rings. The highest BCUT2D eigenvalue weighted by molar-refractivity contribution is 5.63. The normalized spacial score (nSPS) is 9.89. The number of hydrogen-bond donors (Lipinski definition) is 3. The maximum atomic E-state index is 5.35. The minimum absolute atomic E-state index is 0.447. The third-order valence-electron chi connectivity index (χ3n) is 2.45. The summed E-state index contributed by atoms with van der Waals surface area (Å²) in [5, 5.41) is 3.18. The molecule has 4 N–H and O–H groups in total. The van der Waals surface area contributed by atoms with Gasteiger partial charge in [0.2, 0.25) is 5.75 Å². The number of anilines is 2. The number of hydrazine groups is 1. The van der Waals surface area contributed by atoms with Crippen LogP contribution in [0.1, 0.15) is 5.56 Å². The predicted octanol–water partition coefficient (Wildman–Crippen LogP) is 1.38. The number of aromatic nitrogens is 2. The summed E-state index contributed by atoms with van der Waals surface area (Å²) >= 11 is 0. The van der Waals surface area contributed by atoms with Crippen molar-refractivity contribution in [2.75, 3.05) is 17.9 Å². The number of methoxy groups -OCH3 is 1. The van der Waals surface area contributed by atoms with Crippen LogP contribution >= 0.6 is 0 Å². The largest absolute Gasteiger partial charge is 0.490 e. The molecule has 6 nitrogen and oxygen atoms in total. The van der Waals surface area contributed by atoms with Gasteiger partial charge in [0.1, 0.15) is 6.33 Å². The van der Waals surface area contributed by atoms with Crippen molar-refractivity contribution in [2.24, 2.45) is 5.84 Å². The van der Waals surface area contributed by atoms with E-state index >= 15 is 0 Å². The molecule has 1 aromatic heterocycles. The van der Waals surface area contributed by atoms with Gasteiger partial charge in [0, 0.05) is 6.54 Å². The van der Waals surface area contributed by atoms with Crippen molar-refractivity contribution in [1.29, 1.82) is 0 Å². The molecule has 0 atom stereocenters. The fraction of sp³-hybridized carbons (Fsp3) is 0.167. The lowest BCUT2D eigenvalue weighted by atomic mass is 10.2. The van der Waals surface area contributed by atoms with Gasteiger partial charge in [0.25, 0.3) is 0 Å². The Labute approximate surface area is 105 Å². The third kappa shape index (κ3) is 2.67. The van der Waals surface area contributed by atoms with Gasteiger partial charge in [0.05, 0.1) is 7.11 Å². The minimum Gasteiger partial charge on any atom is -0.490 e. The van der Waals surface area contributed by atoms with Crippen molar-refractivity contribution in [3.05, 3.63) is 42.2 Å². The Bertz CT molecular complexity index is 503. The lowest BCUT2D eigenvalue weighted by molar-refractivity contribution is 0.414. The first kappa shape index (κ1) is 12.1. The van der Waals surface area contributed by atoms with E-state index in [-0.39, 0.29) is 0 Å². The summed E-state index contributed by atoms with van der Waals surface area (Å²) in [4.78, 5) is 8.10. The molecular weight excluding hydrogens is 230 g/mol. The molecule has 0 radical (unpaired) electrons. The van der Waals surface area contributed by atoms with Gasteiger partial charge < -0.3 is 15.5 Å². The minimum atomic E-state index is 0.447. The first-order valence-electron chi connectivity index (χ1n) is 5.48. The van der Waals surface area contributed by atoms with Crippen LogP contribution in [0.25, 0.3) is 0 Å². The van der Waals surface area contributed by atoms with Crippen LogP contribution in [0.2, 0.25) is 0 Å². The monoisotopic (exact) mass is 245 g/mol. The zero-order chi connectivity index (χ0) is 12.8. The number of nitrogens with two attached hydrogens (primary N) is 1. The van der Waals surface area contributed by atoms with Gasteiger partial charge in [0.15, 0.2) is 11.6 Å². The van der Waals surface area contributed by atoms with Gasteiger partial charge in [-0.05, 0) is 5.56 Å². The molecule has 2 aromatic rings. The number of nitrogen functional groups attached to an aromatic ring is 1. The molecule has 0 saturated carbocycles. The predicted molar refractivity (Wildman–Crippen MR) is 70.2 cm³/mol. The number of benzene rings is 1. The molecule has 1 aromatic carbocycles. The van der Waals surface area contributed by atoms with E-state index in [0.29, 0.717) is 23.9 Å². The van der Waals surface area contributed by atoms with E-state index in [1.165, 1.54) is 6.33 Å². The number of nitrogens with zero attached hydrogens (tertiary/aromatic N) is 2. The Morgan fingerprint density at radius 1 is 1.17 bits per heavy atom. The van der Waals surface area contributed by atoms with Crippen molar-refractivity contribution < 1.29 is 4.74 Å². The van der Waals surface area contributed by atoms with Crippen LogP contribution in [0.4, 0.5) is 11.6 Å². The lowest BCUT2D eigenvalue weighted by Crippen LogP contribution is -2.12. The first-order valence-corrected chi connectivity index (χ1v) is 5.48. The Balaban J connectivity index is 2.14. The highest BCUT2D eigenvalue weighted by atomic mass is 16.5. The summed E-state index contributed by atoms with van der Waals surface area (Å²) in [5.74, 6) is 6.90. The van der Waals surface area contributed by atoms with Gasteiger partial charge >= 0.3 is 0 Å². The maximum Gasteiger partial charge on any atom is 0.205 e. The average Bonchev–Trinajstić information content (AvgIpc) is 2.45. The third-order valence-corrected chi connectivity index (χ3v) is 2.45. The Kier molecular flexibility index (Phi) is 3.93. The number of rotatable bonds is 5. The summed E-state index contributed by atoms with van der Waals surface area (Å²) < 4.78 is 5.23. The molecule has 1 heterocycles. The molecular formula is C12H15N5O. The van der Waals surface area contributed by atoms with Crippen molar-refractivity contribution in [3.63, 3.8) is 0 Å². The second-order valence-corrected chi connectivity index (χ2v) is 3.59. The molecule has 0 amide bonds. The molecule has 6 heteroatoms. The first-order chi connectivity index (χ1) is 8.85. The second kappa shape index (κ2) is 5.83. The topological polar surface area (TPSA) is 85.1 Å². The standard InChI is InChI=1S/C12H15N5O/c1-18-10-11(15-8-16-12(10)17-13)14-7-9-5-3-2-4-6-9/h2-6,8H,7,13H2,1H3,(H2,14,15,16,17). The summed E-state index contributed by atoms with van der Waals surface area (Å²) in [7, 11) is 1.55. The number of ether oxygens (including phenoxy) is 1. The van der Waals surface area contributed by atoms with Crippen molar-refractivity contribution >= 4 is 11.6 Å². The average molecular weight is 245 g/mol. The van der Waals surface area contributed by atoms with Crippen LogP contribution < -0.4 is 21.3 Å². The van der Waals surface area contributed by atoms with Crippen molar-refractivity contribution in [3.8, 4) is 5.75 Å². The molecule has 0 fully saturated rings. The zero-order valence-electron chi connectivity index (χ0n) is 10.1. The van der Waals surface area contributed by atoms with Crippen LogP contribution in [0.5, 0.6) is 5.75 Å². The van der Waals surface area contributed by atoms with Gasteiger partial charge in [-0.25, -0.2) is 15.8 Å². The summed E-state index contributed by atoms with van der Waals surface area (Å²) in [5.41, 5.74) is 3.62. The Hall–Kier alpha value is -2.34. The van der Waals surface area contributed by atoms with E-state index in [4.69, 9.17) is 10.6 Å². The van der Waals surface area contributed by atoms with E-state index in [9.17, 15) is 0 Å². The number of hydrogen-bond acceptors (Lipinski definition) is 6. The smallest absolute Gasteiger partial charge is 0.205 e. The van der Waals surface area contributed by atoms with Crippen LogP contribution in [0.3, 0.4) is 0 Å². The molecule has 0 aliphatic heterocycles. The molecule has 94 valence electrons. The molecule has 2 rings (SSSR count). The van der Waals surface area contributed by atoms with E-state index in [0.717, 1.165) is 5.56 Å². The Morgan fingerprint density at radius 2 is 1.89 bits per heavy atom. The number of nitrogens with one attached hydrogen (secondary N) is 2. The van der Waals surface area contributed by atoms with E-state index in [1.54, 1.807) is 7.11 Å². The molecule has 18 heavy (non-hydrogen) atoms. The molecule has 0 saturated heterocycles. The fourth-order valence-corrected chi connectivity index (χ4v) is 1.58. The molecule has 0 aliphatic carbocycles. The SMILES string of the molecule is COc1c(NN)ncnc1NCc1ccccc1. The highest BCUT2D eigenvalue weighted by Gasteiger charge is 2.10. The van der Waals surface area contributed by atoms with E-state index in [1.807, 2.05) is 30.3 Å². The zero-order valence-corrected chi connectivity index (χ0v) is 10.1. The maximum absolute atomic E-state index is 5.35. The van der Waals surface area contributed by atoms with E-state index in [2.05, 4.69) is 20.7 Å². The fourth-order valence-electron chi connectivity index (χ4n) is 1.58. The van der Waals surface area contributed by atoms with Crippen LogP contribution in [0, 0.1) is 0 Å². The van der Waals surface area contributed by atoms with E-state index < -0.39 is 0 Å². The van der Waals surface area contributed by atoms with Crippen LogP contribution in [-0.4, -0.2) is 17.1 Å². The summed E-state index contributed by atoms with van der Waals surface area (Å²) in [6.45, 7) is 0.651. The molecule has 0 unspecified atom stereocenters. The van der Waals surface area contributed by atoms with Crippen molar-refractivity contribution in [2.45, 2.75) is 6.54 Å². The van der Waals surface area contributed by atoms with Gasteiger partial charge in [-0.1, -0.05) is 30.3 Å². The Morgan fingerprint density at radius 3 is 2.56 bits per heavy atom. The highest BCUT2D eigenvalue weighted by Crippen LogP contribution is 2.28. The van der Waals surface area contributed by atoms with Gasteiger partial charge in [-0.3, -0.25) is 0 Å². The second-order valence-electron chi connectivity index (χ2n) is 3.59. The quantitative estimate of drug-likeness (QED) is 0.545. The van der Waals surface area contributed by atoms with Crippen LogP contribution in [0.15, 0.2) is 36.7 Å². The van der Waals surface area contributed by atoms with Gasteiger partial charge in [-0.2, -0.15) is 0 Å².